The number of halogens is 13. The molecule has 0 saturated heterocycles. The first-order valence-electron chi connectivity index (χ1n) is 5.93. The number of anilines is 1. The van der Waals surface area contributed by atoms with Crippen molar-refractivity contribution in [1.29, 1.82) is 0 Å². The van der Waals surface area contributed by atoms with Gasteiger partial charge in [-0.05, 0) is 23.7 Å². The van der Waals surface area contributed by atoms with Crippen molar-refractivity contribution in [2.45, 2.75) is 35.0 Å². The third kappa shape index (κ3) is 2.91. The molecule has 2 nitrogen and oxygen atoms in total. The molecule has 0 saturated carbocycles. The fourth-order valence-corrected chi connectivity index (χ4v) is 1.64. The molecule has 0 unspecified atom stereocenters. The second-order valence-electron chi connectivity index (χ2n) is 4.85. The average Bonchev–Trinajstić information content (AvgIpc) is 2.45. The van der Waals surface area contributed by atoms with E-state index in [-0.39, 0.29) is 12.3 Å². The van der Waals surface area contributed by atoms with Gasteiger partial charge in [0.25, 0.3) is 0 Å². The summed E-state index contributed by atoms with van der Waals surface area (Å²) >= 11 is 3.56. The molecule has 0 amide bonds. The molecule has 0 aliphatic carbocycles. The number of nitrogens with two attached hydrogens (primary N) is 1. The molecule has 0 radical (unpaired) electrons. The molecule has 1 aromatic rings. The molecule has 0 aromatic carbocycles. The molecular weight excluding hydrogens is 424 g/mol. The van der Waals surface area contributed by atoms with Gasteiger partial charge in [0.15, 0.2) is 0 Å². The Hall–Kier alpha value is -1.60. The van der Waals surface area contributed by atoms with Crippen molar-refractivity contribution < 1.29 is 52.7 Å². The highest BCUT2D eigenvalue weighted by Crippen LogP contribution is 2.62. The zero-order chi connectivity index (χ0) is 21.0. The lowest BCUT2D eigenvalue weighted by atomic mass is 9.92. The van der Waals surface area contributed by atoms with Crippen LogP contribution in [0.3, 0.4) is 0 Å². The number of alkyl halides is 13. The quantitative estimate of drug-likeness (QED) is 0.504. The highest BCUT2D eigenvalue weighted by molar-refractivity contribution is 6.22. The Bertz CT molecular complexity index is 652. The largest absolute Gasteiger partial charge is 0.397 e. The van der Waals surface area contributed by atoms with E-state index >= 15 is 0 Å². The fraction of sp³-hybridized carbons (Fsp3) is 0.545. The number of hydrogen-bond donors (Lipinski definition) is 1. The maximum Gasteiger partial charge on any atom is 0.393 e. The minimum atomic E-state index is -7.69. The van der Waals surface area contributed by atoms with Crippen molar-refractivity contribution in [1.82, 2.24) is 4.98 Å². The van der Waals surface area contributed by atoms with Crippen molar-refractivity contribution >= 4 is 17.3 Å². The smallest absolute Gasteiger partial charge is 0.393 e. The van der Waals surface area contributed by atoms with E-state index < -0.39 is 46.4 Å². The van der Waals surface area contributed by atoms with Gasteiger partial charge < -0.3 is 5.73 Å². The molecule has 0 fully saturated rings. The lowest BCUT2D eigenvalue weighted by Gasteiger charge is -2.39. The van der Waals surface area contributed by atoms with Crippen LogP contribution in [0.2, 0.25) is 0 Å². The molecule has 1 heterocycles. The van der Waals surface area contributed by atoms with Gasteiger partial charge in [0.1, 0.15) is 5.69 Å². The summed E-state index contributed by atoms with van der Waals surface area (Å²) < 4.78 is 158. The molecule has 1 aromatic heterocycles. The van der Waals surface area contributed by atoms with Gasteiger partial charge in [-0.2, -0.15) is 52.7 Å². The van der Waals surface area contributed by atoms with Crippen LogP contribution in [0, 0.1) is 0 Å². The second kappa shape index (κ2) is 5.96. The van der Waals surface area contributed by atoms with Crippen LogP contribution in [0.5, 0.6) is 0 Å². The van der Waals surface area contributed by atoms with E-state index in [1.165, 1.54) is 0 Å². The van der Waals surface area contributed by atoms with Crippen LogP contribution in [0.1, 0.15) is 5.69 Å². The lowest BCUT2D eigenvalue weighted by molar-refractivity contribution is -0.419. The molecule has 26 heavy (non-hydrogen) atoms. The number of rotatable bonds is 6. The molecule has 0 aliphatic heterocycles. The van der Waals surface area contributed by atoms with Crippen LogP contribution in [0.4, 0.5) is 58.4 Å². The van der Waals surface area contributed by atoms with E-state index in [9.17, 15) is 52.7 Å². The van der Waals surface area contributed by atoms with Gasteiger partial charge >= 0.3 is 35.0 Å². The van der Waals surface area contributed by atoms with Crippen LogP contribution in [-0.4, -0.2) is 34.1 Å². The van der Waals surface area contributed by atoms with Crippen molar-refractivity contribution in [3.05, 3.63) is 24.0 Å². The van der Waals surface area contributed by atoms with Crippen LogP contribution < -0.4 is 5.73 Å². The van der Waals surface area contributed by atoms with Gasteiger partial charge in [-0.15, -0.1) is 0 Å². The van der Waals surface area contributed by atoms with Crippen molar-refractivity contribution in [3.63, 3.8) is 0 Å². The van der Waals surface area contributed by atoms with Gasteiger partial charge in [-0.3, -0.25) is 4.98 Å². The molecule has 15 heteroatoms. The fourth-order valence-electron chi connectivity index (χ4n) is 1.52. The summed E-state index contributed by atoms with van der Waals surface area (Å²) in [4.78, 5) is 2.53. The molecular formula is C11H5ClF12N2. The Kier molecular flexibility index (Phi) is 5.14. The van der Waals surface area contributed by atoms with Crippen LogP contribution in [-0.2, 0) is 5.92 Å². The standard InChI is InChI=1S/C11H5ClF12N2/c12-11(23,24)10(21,22)9(19,20)8(17,18)7(15,16)6(13,14)5-2-1-4(25)3-26-5/h1-3H,25H2. The zero-order valence-corrected chi connectivity index (χ0v) is 12.4. The minimum absolute atomic E-state index is 0.0776. The highest BCUT2D eigenvalue weighted by atomic mass is 35.5. The normalized spacial score (nSPS) is 15.3. The third-order valence-electron chi connectivity index (χ3n) is 3.04. The Morgan fingerprint density at radius 2 is 1.12 bits per heavy atom. The predicted molar refractivity (Wildman–Crippen MR) is 63.1 cm³/mol. The number of hydrogen-bond acceptors (Lipinski definition) is 2. The van der Waals surface area contributed by atoms with Gasteiger partial charge in [-0.1, -0.05) is 0 Å². The van der Waals surface area contributed by atoms with E-state index in [1.54, 1.807) is 0 Å². The summed E-state index contributed by atoms with van der Waals surface area (Å²) in [6.45, 7) is 0. The van der Waals surface area contributed by atoms with Crippen molar-refractivity contribution in [3.8, 4) is 0 Å². The van der Waals surface area contributed by atoms with Crippen LogP contribution >= 0.6 is 11.6 Å². The van der Waals surface area contributed by atoms with E-state index in [4.69, 9.17) is 5.73 Å². The Balaban J connectivity index is 3.55. The molecule has 150 valence electrons. The van der Waals surface area contributed by atoms with E-state index in [2.05, 4.69) is 16.6 Å². The average molecular weight is 429 g/mol. The number of nitrogens with zero attached hydrogens (tertiary/aromatic N) is 1. The summed E-state index contributed by atoms with van der Waals surface area (Å²) in [5.74, 6) is -36.3. The number of nitrogen functional groups attached to an aromatic ring is 1. The highest BCUT2D eigenvalue weighted by Gasteiger charge is 2.90. The van der Waals surface area contributed by atoms with Gasteiger partial charge in [0, 0.05) is 0 Å². The van der Waals surface area contributed by atoms with Gasteiger partial charge in [0.2, 0.25) is 0 Å². The maximum absolute atomic E-state index is 13.6. The third-order valence-corrected chi connectivity index (χ3v) is 3.28. The first kappa shape index (κ1) is 22.4. The molecule has 0 bridgehead atoms. The summed E-state index contributed by atoms with van der Waals surface area (Å²) in [6, 6.07) is 0.357. The van der Waals surface area contributed by atoms with Crippen LogP contribution in [0.15, 0.2) is 18.3 Å². The van der Waals surface area contributed by atoms with Crippen molar-refractivity contribution in [2.75, 3.05) is 5.73 Å². The first-order chi connectivity index (χ1) is 11.2. The Labute approximate surface area is 140 Å². The summed E-state index contributed by atoms with van der Waals surface area (Å²) in [7, 11) is 0. The zero-order valence-electron chi connectivity index (χ0n) is 11.7. The topological polar surface area (TPSA) is 38.9 Å². The summed E-state index contributed by atoms with van der Waals surface area (Å²) in [5, 5.41) is -6.47. The Morgan fingerprint density at radius 3 is 1.46 bits per heavy atom. The molecule has 0 aliphatic rings. The monoisotopic (exact) mass is 428 g/mol. The number of pyridine rings is 1. The first-order valence-corrected chi connectivity index (χ1v) is 6.30. The summed E-state index contributed by atoms with van der Waals surface area (Å²) in [5.41, 5.74) is 2.29. The predicted octanol–water partition coefficient (Wildman–Crippen LogP) is 5.13. The van der Waals surface area contributed by atoms with E-state index in [0.29, 0.717) is 6.07 Å². The van der Waals surface area contributed by atoms with Gasteiger partial charge in [0.05, 0.1) is 11.9 Å². The lowest BCUT2D eigenvalue weighted by Crippen LogP contribution is -2.69. The Morgan fingerprint density at radius 1 is 0.692 bits per heavy atom. The minimum Gasteiger partial charge on any atom is -0.397 e. The molecule has 1 rings (SSSR count). The van der Waals surface area contributed by atoms with E-state index in [0.717, 1.165) is 0 Å². The SMILES string of the molecule is Nc1ccc(C(F)(F)C(F)(F)C(F)(F)C(F)(F)C(F)(F)C(F)(F)Cl)nc1. The maximum atomic E-state index is 13.6. The van der Waals surface area contributed by atoms with Crippen molar-refractivity contribution in [2.24, 2.45) is 0 Å². The molecule has 2 N–H and O–H groups in total. The second-order valence-corrected chi connectivity index (χ2v) is 5.32. The number of aromatic nitrogens is 1. The molecule has 0 atom stereocenters. The summed E-state index contributed by atoms with van der Waals surface area (Å²) in [6.07, 6.45) is 0.247. The van der Waals surface area contributed by atoms with Gasteiger partial charge in [-0.25, -0.2) is 0 Å². The van der Waals surface area contributed by atoms with E-state index in [1.807, 2.05) is 0 Å². The van der Waals surface area contributed by atoms with Crippen LogP contribution in [0.25, 0.3) is 0 Å². The molecule has 0 spiro atoms.